The number of pyridine rings is 2. The molecule has 0 spiro atoms. The van der Waals surface area contributed by atoms with Crippen molar-refractivity contribution in [3.05, 3.63) is 89.3 Å². The van der Waals surface area contributed by atoms with Gasteiger partial charge in [0, 0.05) is 22.7 Å². The van der Waals surface area contributed by atoms with Crippen molar-refractivity contribution in [3.63, 3.8) is 0 Å². The van der Waals surface area contributed by atoms with Gasteiger partial charge in [-0.25, -0.2) is 4.98 Å². The zero-order valence-electron chi connectivity index (χ0n) is 12.4. The van der Waals surface area contributed by atoms with Crippen LogP contribution in [0.4, 0.5) is 0 Å². The molecule has 3 nitrogen and oxygen atoms in total. The molecule has 2 aromatic carbocycles. The molecule has 0 aliphatic carbocycles. The first-order valence-corrected chi connectivity index (χ1v) is 7.46. The fourth-order valence-electron chi connectivity index (χ4n) is 2.77. The van der Waals surface area contributed by atoms with E-state index in [0.717, 1.165) is 27.8 Å². The molecule has 0 radical (unpaired) electrons. The lowest BCUT2D eigenvalue weighted by Gasteiger charge is -2.11. The maximum Gasteiger partial charge on any atom is 0.274 e. The SMILES string of the molecule is O=c1[nH]ccc2cc(-c3ccccc3)c(-c3ccccc3)nc12. The number of aromatic amines is 1. The molecule has 0 atom stereocenters. The van der Waals surface area contributed by atoms with Crippen LogP contribution in [-0.2, 0) is 0 Å². The average Bonchev–Trinajstić information content (AvgIpc) is 2.63. The van der Waals surface area contributed by atoms with Crippen molar-refractivity contribution in [3.8, 4) is 22.4 Å². The van der Waals surface area contributed by atoms with Gasteiger partial charge in [-0.2, -0.15) is 0 Å². The van der Waals surface area contributed by atoms with E-state index in [-0.39, 0.29) is 5.56 Å². The highest BCUT2D eigenvalue weighted by Crippen LogP contribution is 2.32. The summed E-state index contributed by atoms with van der Waals surface area (Å²) in [5.41, 5.74) is 4.22. The van der Waals surface area contributed by atoms with Gasteiger partial charge in [0.25, 0.3) is 5.56 Å². The molecule has 0 unspecified atom stereocenters. The maximum absolute atomic E-state index is 12.1. The highest BCUT2D eigenvalue weighted by atomic mass is 16.1. The summed E-state index contributed by atoms with van der Waals surface area (Å²) in [5.74, 6) is 0. The van der Waals surface area contributed by atoms with Crippen LogP contribution in [0.2, 0.25) is 0 Å². The van der Waals surface area contributed by atoms with Crippen LogP contribution in [0.15, 0.2) is 83.8 Å². The van der Waals surface area contributed by atoms with Gasteiger partial charge >= 0.3 is 0 Å². The van der Waals surface area contributed by atoms with E-state index in [4.69, 9.17) is 0 Å². The number of hydrogen-bond acceptors (Lipinski definition) is 2. The Morgan fingerprint density at radius 1 is 0.783 bits per heavy atom. The van der Waals surface area contributed by atoms with Crippen molar-refractivity contribution >= 4 is 10.9 Å². The molecule has 3 heteroatoms. The van der Waals surface area contributed by atoms with Crippen molar-refractivity contribution in [2.75, 3.05) is 0 Å². The topological polar surface area (TPSA) is 45.8 Å². The number of H-pyrrole nitrogens is 1. The van der Waals surface area contributed by atoms with Gasteiger partial charge in [0.1, 0.15) is 5.52 Å². The van der Waals surface area contributed by atoms with Gasteiger partial charge in [-0.15, -0.1) is 0 Å². The third kappa shape index (κ3) is 2.42. The van der Waals surface area contributed by atoms with Crippen LogP contribution in [0.25, 0.3) is 33.3 Å². The summed E-state index contributed by atoms with van der Waals surface area (Å²) < 4.78 is 0. The average molecular weight is 298 g/mol. The van der Waals surface area contributed by atoms with Crippen molar-refractivity contribution in [2.24, 2.45) is 0 Å². The van der Waals surface area contributed by atoms with Crippen LogP contribution in [0.1, 0.15) is 0 Å². The fourth-order valence-corrected chi connectivity index (χ4v) is 2.77. The Kier molecular flexibility index (Phi) is 3.24. The van der Waals surface area contributed by atoms with Crippen LogP contribution < -0.4 is 5.56 Å². The highest BCUT2D eigenvalue weighted by molar-refractivity contribution is 5.91. The number of nitrogens with one attached hydrogen (secondary N) is 1. The summed E-state index contributed by atoms with van der Waals surface area (Å²) in [7, 11) is 0. The third-order valence-corrected chi connectivity index (χ3v) is 3.88. The third-order valence-electron chi connectivity index (χ3n) is 3.88. The number of benzene rings is 2. The molecule has 2 aromatic heterocycles. The van der Waals surface area contributed by atoms with Gasteiger partial charge in [-0.3, -0.25) is 4.79 Å². The second kappa shape index (κ2) is 5.54. The van der Waals surface area contributed by atoms with Gasteiger partial charge in [-0.05, 0) is 17.7 Å². The summed E-state index contributed by atoms with van der Waals surface area (Å²) in [6.45, 7) is 0. The van der Waals surface area contributed by atoms with E-state index in [0.29, 0.717) is 5.52 Å². The van der Waals surface area contributed by atoms with E-state index in [1.807, 2.05) is 60.7 Å². The minimum atomic E-state index is -0.167. The molecule has 0 saturated heterocycles. The van der Waals surface area contributed by atoms with Crippen LogP contribution in [-0.4, -0.2) is 9.97 Å². The van der Waals surface area contributed by atoms with E-state index in [9.17, 15) is 4.79 Å². The molecule has 0 fully saturated rings. The normalized spacial score (nSPS) is 10.8. The smallest absolute Gasteiger partial charge is 0.274 e. The van der Waals surface area contributed by atoms with Gasteiger partial charge in [0.15, 0.2) is 0 Å². The zero-order chi connectivity index (χ0) is 15.6. The molecule has 0 bridgehead atoms. The Morgan fingerprint density at radius 3 is 2.13 bits per heavy atom. The van der Waals surface area contributed by atoms with Crippen molar-refractivity contribution in [2.45, 2.75) is 0 Å². The maximum atomic E-state index is 12.1. The van der Waals surface area contributed by atoms with Crippen LogP contribution >= 0.6 is 0 Å². The van der Waals surface area contributed by atoms with Crippen molar-refractivity contribution < 1.29 is 0 Å². The Labute approximate surface area is 133 Å². The van der Waals surface area contributed by atoms with Gasteiger partial charge in [0.05, 0.1) is 5.69 Å². The van der Waals surface area contributed by atoms with Gasteiger partial charge in [-0.1, -0.05) is 60.7 Å². The molecular formula is C20H14N2O. The summed E-state index contributed by atoms with van der Waals surface area (Å²) >= 11 is 0. The summed E-state index contributed by atoms with van der Waals surface area (Å²) in [4.78, 5) is 19.5. The predicted molar refractivity (Wildman–Crippen MR) is 93.2 cm³/mol. The Balaban J connectivity index is 2.09. The number of aromatic nitrogens is 2. The van der Waals surface area contributed by atoms with Crippen LogP contribution in [0.5, 0.6) is 0 Å². The van der Waals surface area contributed by atoms with Crippen LogP contribution in [0.3, 0.4) is 0 Å². The molecule has 110 valence electrons. The molecule has 23 heavy (non-hydrogen) atoms. The Bertz CT molecular complexity index is 1020. The van der Waals surface area contributed by atoms with E-state index >= 15 is 0 Å². The van der Waals surface area contributed by atoms with Gasteiger partial charge in [0.2, 0.25) is 0 Å². The molecule has 4 aromatic rings. The minimum Gasteiger partial charge on any atom is -0.327 e. The predicted octanol–water partition coefficient (Wildman–Crippen LogP) is 4.26. The monoisotopic (exact) mass is 298 g/mol. The molecule has 1 N–H and O–H groups in total. The summed E-state index contributed by atoms with van der Waals surface area (Å²) in [6.07, 6.45) is 1.66. The summed E-state index contributed by atoms with van der Waals surface area (Å²) in [5, 5.41) is 0.840. The number of rotatable bonds is 2. The molecule has 2 heterocycles. The zero-order valence-corrected chi connectivity index (χ0v) is 12.4. The lowest BCUT2D eigenvalue weighted by atomic mass is 9.98. The minimum absolute atomic E-state index is 0.167. The van der Waals surface area contributed by atoms with Crippen molar-refractivity contribution in [1.29, 1.82) is 0 Å². The highest BCUT2D eigenvalue weighted by Gasteiger charge is 2.12. The molecule has 0 aliphatic heterocycles. The first-order valence-electron chi connectivity index (χ1n) is 7.46. The first-order chi connectivity index (χ1) is 11.3. The number of fused-ring (bicyclic) bond motifs is 1. The lowest BCUT2D eigenvalue weighted by molar-refractivity contribution is 1.24. The molecule has 0 amide bonds. The number of hydrogen-bond donors (Lipinski definition) is 1. The Hall–Kier alpha value is -3.20. The van der Waals surface area contributed by atoms with E-state index in [1.165, 1.54) is 0 Å². The summed E-state index contributed by atoms with van der Waals surface area (Å²) in [6, 6.07) is 24.0. The van der Waals surface area contributed by atoms with Gasteiger partial charge < -0.3 is 4.98 Å². The van der Waals surface area contributed by atoms with Crippen LogP contribution in [0, 0.1) is 0 Å². The molecule has 4 rings (SSSR count). The lowest BCUT2D eigenvalue weighted by Crippen LogP contribution is -2.07. The molecule has 0 aliphatic rings. The van der Waals surface area contributed by atoms with E-state index in [1.54, 1.807) is 6.20 Å². The quantitative estimate of drug-likeness (QED) is 0.601. The number of nitrogens with zero attached hydrogens (tertiary/aromatic N) is 1. The standard InChI is InChI=1S/C20H14N2O/c23-20-19-16(11-12-21-20)13-17(14-7-3-1-4-8-14)18(22-19)15-9-5-2-6-10-15/h1-13H,(H,21,23). The van der Waals surface area contributed by atoms with Crippen molar-refractivity contribution in [1.82, 2.24) is 9.97 Å². The second-order valence-corrected chi connectivity index (χ2v) is 5.36. The fraction of sp³-hybridized carbons (Fsp3) is 0. The largest absolute Gasteiger partial charge is 0.327 e. The van der Waals surface area contributed by atoms with E-state index in [2.05, 4.69) is 22.1 Å². The molecule has 0 saturated carbocycles. The first kappa shape index (κ1) is 13.5. The second-order valence-electron chi connectivity index (χ2n) is 5.36. The Morgan fingerprint density at radius 2 is 1.43 bits per heavy atom. The molecular weight excluding hydrogens is 284 g/mol. The van der Waals surface area contributed by atoms with E-state index < -0.39 is 0 Å².